The topological polar surface area (TPSA) is 41.1 Å². The Morgan fingerprint density at radius 2 is 1.94 bits per heavy atom. The average molecular weight is 234 g/mol. The fraction of sp³-hybridized carbons (Fsp3) is 0.786. The molecule has 1 heterocycles. The van der Waals surface area contributed by atoms with Crippen molar-refractivity contribution < 1.29 is 4.79 Å². The summed E-state index contributed by atoms with van der Waals surface area (Å²) in [5.74, 6) is 0.981. The fourth-order valence-corrected chi connectivity index (χ4v) is 3.56. The highest BCUT2D eigenvalue weighted by atomic mass is 16.2. The van der Waals surface area contributed by atoms with E-state index < -0.39 is 0 Å². The van der Waals surface area contributed by atoms with E-state index in [1.807, 2.05) is 0 Å². The smallest absolute Gasteiger partial charge is 0.237 e. The van der Waals surface area contributed by atoms with Gasteiger partial charge in [0.05, 0.1) is 6.04 Å². The Hall–Kier alpha value is -0.830. The van der Waals surface area contributed by atoms with Crippen molar-refractivity contribution in [1.29, 1.82) is 0 Å². The van der Waals surface area contributed by atoms with Crippen molar-refractivity contribution in [1.82, 2.24) is 10.6 Å². The quantitative estimate of drug-likeness (QED) is 0.715. The zero-order chi connectivity index (χ0) is 11.7. The molecule has 1 saturated carbocycles. The first-order valence-corrected chi connectivity index (χ1v) is 7.04. The molecule has 3 heteroatoms. The minimum absolute atomic E-state index is 0.0729. The van der Waals surface area contributed by atoms with Crippen LogP contribution in [-0.4, -0.2) is 24.0 Å². The average Bonchev–Trinajstić information content (AvgIpc) is 2.96. The largest absolute Gasteiger partial charge is 0.351 e. The van der Waals surface area contributed by atoms with E-state index in [9.17, 15) is 4.79 Å². The van der Waals surface area contributed by atoms with Crippen LogP contribution in [0.5, 0.6) is 0 Å². The summed E-state index contributed by atoms with van der Waals surface area (Å²) in [7, 11) is 0. The Kier molecular flexibility index (Phi) is 3.19. The molecule has 3 nitrogen and oxygen atoms in total. The third-order valence-electron chi connectivity index (χ3n) is 4.53. The second kappa shape index (κ2) is 4.81. The van der Waals surface area contributed by atoms with Crippen LogP contribution in [0.1, 0.15) is 44.9 Å². The highest BCUT2D eigenvalue weighted by Crippen LogP contribution is 2.33. The summed E-state index contributed by atoms with van der Waals surface area (Å²) in [6.07, 6.45) is 12.6. The van der Waals surface area contributed by atoms with Gasteiger partial charge in [-0.2, -0.15) is 0 Å². The lowest BCUT2D eigenvalue weighted by molar-refractivity contribution is -0.123. The van der Waals surface area contributed by atoms with Gasteiger partial charge in [-0.25, -0.2) is 0 Å². The van der Waals surface area contributed by atoms with Gasteiger partial charge in [-0.1, -0.05) is 25.0 Å². The lowest BCUT2D eigenvalue weighted by Gasteiger charge is -2.24. The minimum Gasteiger partial charge on any atom is -0.351 e. The van der Waals surface area contributed by atoms with E-state index in [4.69, 9.17) is 0 Å². The Morgan fingerprint density at radius 3 is 2.71 bits per heavy atom. The van der Waals surface area contributed by atoms with Crippen LogP contribution >= 0.6 is 0 Å². The lowest BCUT2D eigenvalue weighted by atomic mass is 9.85. The monoisotopic (exact) mass is 234 g/mol. The molecular formula is C14H22N2O. The molecule has 3 atom stereocenters. The summed E-state index contributed by atoms with van der Waals surface area (Å²) < 4.78 is 0. The first kappa shape index (κ1) is 11.3. The molecule has 2 aliphatic carbocycles. The van der Waals surface area contributed by atoms with Crippen molar-refractivity contribution in [2.75, 3.05) is 0 Å². The van der Waals surface area contributed by atoms with Gasteiger partial charge in [0.2, 0.25) is 5.91 Å². The third kappa shape index (κ3) is 2.39. The van der Waals surface area contributed by atoms with Crippen LogP contribution < -0.4 is 10.6 Å². The Labute approximate surface area is 103 Å². The number of amides is 1. The first-order chi connectivity index (χ1) is 8.33. The van der Waals surface area contributed by atoms with E-state index in [0.29, 0.717) is 12.1 Å². The molecule has 1 amide bonds. The number of carbonyl (C=O) groups is 1. The molecule has 3 aliphatic rings. The van der Waals surface area contributed by atoms with Gasteiger partial charge in [0.25, 0.3) is 0 Å². The van der Waals surface area contributed by atoms with Gasteiger partial charge >= 0.3 is 0 Å². The SMILES string of the molecule is O=C(NC1CC=CC1)C1CC2CCCCC2N1. The maximum absolute atomic E-state index is 12.1. The van der Waals surface area contributed by atoms with Crippen molar-refractivity contribution in [2.45, 2.75) is 63.1 Å². The summed E-state index contributed by atoms with van der Waals surface area (Å²) >= 11 is 0. The van der Waals surface area contributed by atoms with Gasteiger partial charge in [0, 0.05) is 12.1 Å². The molecule has 1 aliphatic heterocycles. The van der Waals surface area contributed by atoms with E-state index in [1.54, 1.807) is 0 Å². The van der Waals surface area contributed by atoms with Crippen LogP contribution in [0.25, 0.3) is 0 Å². The molecule has 0 radical (unpaired) electrons. The highest BCUT2D eigenvalue weighted by Gasteiger charge is 2.38. The maximum atomic E-state index is 12.1. The fourth-order valence-electron chi connectivity index (χ4n) is 3.56. The van der Waals surface area contributed by atoms with Crippen LogP contribution in [0.3, 0.4) is 0 Å². The van der Waals surface area contributed by atoms with E-state index >= 15 is 0 Å². The van der Waals surface area contributed by atoms with Gasteiger partial charge in [0.1, 0.15) is 0 Å². The first-order valence-electron chi connectivity index (χ1n) is 7.04. The number of hydrogen-bond acceptors (Lipinski definition) is 2. The predicted octanol–water partition coefficient (Wildman–Crippen LogP) is 1.74. The molecule has 94 valence electrons. The molecule has 2 fully saturated rings. The number of carbonyl (C=O) groups excluding carboxylic acids is 1. The molecule has 0 bridgehead atoms. The van der Waals surface area contributed by atoms with Gasteiger partial charge in [0.15, 0.2) is 0 Å². The highest BCUT2D eigenvalue weighted by molar-refractivity contribution is 5.82. The summed E-state index contributed by atoms with van der Waals surface area (Å²) in [6.45, 7) is 0. The van der Waals surface area contributed by atoms with Crippen molar-refractivity contribution in [3.63, 3.8) is 0 Å². The van der Waals surface area contributed by atoms with Gasteiger partial charge in [-0.15, -0.1) is 0 Å². The van der Waals surface area contributed by atoms with Crippen molar-refractivity contribution in [3.05, 3.63) is 12.2 Å². The van der Waals surface area contributed by atoms with Gasteiger partial charge in [-0.3, -0.25) is 4.79 Å². The second-order valence-corrected chi connectivity index (χ2v) is 5.75. The zero-order valence-corrected chi connectivity index (χ0v) is 10.3. The lowest BCUT2D eigenvalue weighted by Crippen LogP contribution is -2.46. The Balaban J connectivity index is 1.52. The third-order valence-corrected chi connectivity index (χ3v) is 4.53. The maximum Gasteiger partial charge on any atom is 0.237 e. The van der Waals surface area contributed by atoms with E-state index in [-0.39, 0.29) is 11.9 Å². The second-order valence-electron chi connectivity index (χ2n) is 5.75. The molecule has 1 saturated heterocycles. The molecule has 17 heavy (non-hydrogen) atoms. The minimum atomic E-state index is 0.0729. The molecule has 0 aromatic heterocycles. The predicted molar refractivity (Wildman–Crippen MR) is 67.6 cm³/mol. The molecular weight excluding hydrogens is 212 g/mol. The normalized spacial score (nSPS) is 37.1. The molecule has 0 aromatic carbocycles. The van der Waals surface area contributed by atoms with E-state index in [0.717, 1.165) is 25.2 Å². The summed E-state index contributed by atoms with van der Waals surface area (Å²) in [5, 5.41) is 6.70. The number of nitrogens with one attached hydrogen (secondary N) is 2. The van der Waals surface area contributed by atoms with Crippen LogP contribution in [0, 0.1) is 5.92 Å². The number of rotatable bonds is 2. The number of fused-ring (bicyclic) bond motifs is 1. The Bertz CT molecular complexity index is 304. The molecule has 2 N–H and O–H groups in total. The van der Waals surface area contributed by atoms with Crippen molar-refractivity contribution in [2.24, 2.45) is 5.92 Å². The molecule has 3 unspecified atom stereocenters. The number of hydrogen-bond donors (Lipinski definition) is 2. The van der Waals surface area contributed by atoms with Crippen LogP contribution in [0.15, 0.2) is 12.2 Å². The zero-order valence-electron chi connectivity index (χ0n) is 10.3. The van der Waals surface area contributed by atoms with Crippen molar-refractivity contribution >= 4 is 5.91 Å². The van der Waals surface area contributed by atoms with Crippen LogP contribution in [0.2, 0.25) is 0 Å². The molecule has 0 aromatic rings. The summed E-state index contributed by atoms with van der Waals surface area (Å²) in [5.41, 5.74) is 0. The molecule has 0 spiro atoms. The van der Waals surface area contributed by atoms with Crippen LogP contribution in [-0.2, 0) is 4.79 Å². The van der Waals surface area contributed by atoms with Gasteiger partial charge < -0.3 is 10.6 Å². The molecule has 3 rings (SSSR count). The van der Waals surface area contributed by atoms with Crippen LogP contribution in [0.4, 0.5) is 0 Å². The van der Waals surface area contributed by atoms with Gasteiger partial charge in [-0.05, 0) is 38.0 Å². The summed E-state index contributed by atoms with van der Waals surface area (Å²) in [6, 6.07) is 1.04. The van der Waals surface area contributed by atoms with E-state index in [2.05, 4.69) is 22.8 Å². The standard InChI is InChI=1S/C14H22N2O/c17-14(15-11-6-2-3-7-11)13-9-10-5-1-4-8-12(10)16-13/h2-3,10-13,16H,1,4-9H2,(H,15,17). The van der Waals surface area contributed by atoms with E-state index in [1.165, 1.54) is 25.7 Å². The van der Waals surface area contributed by atoms with Crippen molar-refractivity contribution in [3.8, 4) is 0 Å². The summed E-state index contributed by atoms with van der Waals surface area (Å²) in [4.78, 5) is 12.1. The Morgan fingerprint density at radius 1 is 1.18 bits per heavy atom.